The average Bonchev–Trinajstić information content (AvgIpc) is 2.32. The fraction of sp³-hybridized carbons (Fsp3) is 0.625. The highest BCUT2D eigenvalue weighted by atomic mass is 16.5. The zero-order chi connectivity index (χ0) is 14.0. The van der Waals surface area contributed by atoms with Crippen LogP contribution in [-0.4, -0.2) is 31.1 Å². The minimum atomic E-state index is 0.159. The van der Waals surface area contributed by atoms with E-state index in [1.54, 1.807) is 0 Å². The Morgan fingerprint density at radius 2 is 2.11 bits per heavy atom. The van der Waals surface area contributed by atoms with E-state index in [9.17, 15) is 0 Å². The van der Waals surface area contributed by atoms with E-state index in [-0.39, 0.29) is 6.10 Å². The monoisotopic (exact) mass is 262 g/mol. The van der Waals surface area contributed by atoms with Crippen LogP contribution in [0.25, 0.3) is 0 Å². The highest BCUT2D eigenvalue weighted by Crippen LogP contribution is 2.34. The van der Waals surface area contributed by atoms with E-state index in [4.69, 9.17) is 10.5 Å². The molecular weight excluding hydrogens is 236 g/mol. The van der Waals surface area contributed by atoms with Crippen molar-refractivity contribution in [3.05, 3.63) is 23.3 Å². The van der Waals surface area contributed by atoms with E-state index < -0.39 is 0 Å². The predicted molar refractivity (Wildman–Crippen MR) is 80.8 cm³/mol. The number of hydrogen-bond acceptors (Lipinski definition) is 3. The number of likely N-dealkylation sites (tertiary alicyclic amines) is 1. The summed E-state index contributed by atoms with van der Waals surface area (Å²) in [5.74, 6) is 1.44. The summed E-state index contributed by atoms with van der Waals surface area (Å²) in [5, 5.41) is 0. The van der Waals surface area contributed by atoms with Crippen molar-refractivity contribution in [2.24, 2.45) is 0 Å². The number of nitrogens with zero attached hydrogens (tertiary/aromatic N) is 1. The molecule has 3 nitrogen and oxygen atoms in total. The van der Waals surface area contributed by atoms with Gasteiger partial charge in [0.1, 0.15) is 5.75 Å². The van der Waals surface area contributed by atoms with Crippen molar-refractivity contribution in [2.45, 2.75) is 45.6 Å². The number of anilines is 1. The lowest BCUT2D eigenvalue weighted by molar-refractivity contribution is 0.239. The third-order valence-corrected chi connectivity index (χ3v) is 3.83. The van der Waals surface area contributed by atoms with Gasteiger partial charge in [-0.15, -0.1) is 0 Å². The van der Waals surface area contributed by atoms with Gasteiger partial charge in [-0.1, -0.05) is 0 Å². The number of likely N-dealkylation sites (N-methyl/N-ethyl adjacent to an activating group) is 1. The van der Waals surface area contributed by atoms with Crippen LogP contribution in [0.2, 0.25) is 0 Å². The summed E-state index contributed by atoms with van der Waals surface area (Å²) in [6, 6.07) is 4.22. The fourth-order valence-electron chi connectivity index (χ4n) is 2.94. The molecule has 1 heterocycles. The maximum Gasteiger partial charge on any atom is 0.142 e. The first-order valence-corrected chi connectivity index (χ1v) is 7.22. The Morgan fingerprint density at radius 3 is 2.74 bits per heavy atom. The summed E-state index contributed by atoms with van der Waals surface area (Å²) < 4.78 is 5.82. The highest BCUT2D eigenvalue weighted by molar-refractivity contribution is 5.57. The minimum Gasteiger partial charge on any atom is -0.489 e. The molecular formula is C16H26N2O. The molecule has 19 heavy (non-hydrogen) atoms. The van der Waals surface area contributed by atoms with Gasteiger partial charge in [0.2, 0.25) is 0 Å². The summed E-state index contributed by atoms with van der Waals surface area (Å²) in [4.78, 5) is 2.41. The zero-order valence-corrected chi connectivity index (χ0v) is 12.6. The Bertz CT molecular complexity index is 443. The number of nitrogens with two attached hydrogens (primary N) is 1. The fourth-order valence-corrected chi connectivity index (χ4v) is 2.94. The van der Waals surface area contributed by atoms with Gasteiger partial charge in [-0.2, -0.15) is 0 Å². The lowest BCUT2D eigenvalue weighted by Gasteiger charge is -2.31. The van der Waals surface area contributed by atoms with Crippen molar-refractivity contribution in [1.82, 2.24) is 4.90 Å². The van der Waals surface area contributed by atoms with Gasteiger partial charge in [0, 0.05) is 6.54 Å². The molecule has 2 rings (SSSR count). The van der Waals surface area contributed by atoms with Crippen LogP contribution in [0.3, 0.4) is 0 Å². The minimum absolute atomic E-state index is 0.159. The van der Waals surface area contributed by atoms with Gasteiger partial charge in [0.25, 0.3) is 0 Å². The van der Waals surface area contributed by atoms with Gasteiger partial charge in [0.15, 0.2) is 0 Å². The largest absolute Gasteiger partial charge is 0.489 e. The van der Waals surface area contributed by atoms with E-state index in [1.807, 2.05) is 13.8 Å². The predicted octanol–water partition coefficient (Wildman–Crippen LogP) is 3.17. The van der Waals surface area contributed by atoms with Crippen LogP contribution in [0.4, 0.5) is 5.69 Å². The second-order valence-electron chi connectivity index (χ2n) is 6.01. The number of piperidine rings is 1. The topological polar surface area (TPSA) is 38.5 Å². The van der Waals surface area contributed by atoms with E-state index in [2.05, 4.69) is 31.0 Å². The third-order valence-electron chi connectivity index (χ3n) is 3.83. The molecule has 0 aromatic heterocycles. The van der Waals surface area contributed by atoms with Crippen LogP contribution < -0.4 is 10.5 Å². The second kappa shape index (κ2) is 5.83. The number of ether oxygens (including phenoxy) is 1. The Labute approximate surface area is 116 Å². The maximum absolute atomic E-state index is 6.06. The third kappa shape index (κ3) is 3.41. The SMILES string of the molecule is Cc1cc(N)c(OC(C)C)cc1C1CCCN(C)C1. The summed E-state index contributed by atoms with van der Waals surface area (Å²) in [6.07, 6.45) is 2.69. The smallest absolute Gasteiger partial charge is 0.142 e. The van der Waals surface area contributed by atoms with E-state index in [0.717, 1.165) is 18.0 Å². The van der Waals surface area contributed by atoms with Crippen LogP contribution in [0.5, 0.6) is 5.75 Å². The Balaban J connectivity index is 2.28. The van der Waals surface area contributed by atoms with Crippen molar-refractivity contribution in [2.75, 3.05) is 25.9 Å². The summed E-state index contributed by atoms with van der Waals surface area (Å²) in [7, 11) is 2.20. The van der Waals surface area contributed by atoms with Crippen LogP contribution in [0.1, 0.15) is 43.7 Å². The molecule has 1 fully saturated rings. The van der Waals surface area contributed by atoms with E-state index >= 15 is 0 Å². The quantitative estimate of drug-likeness (QED) is 0.850. The van der Waals surface area contributed by atoms with Gasteiger partial charge in [0.05, 0.1) is 11.8 Å². The molecule has 1 aliphatic rings. The van der Waals surface area contributed by atoms with Gasteiger partial charge in [-0.25, -0.2) is 0 Å². The van der Waals surface area contributed by atoms with Crippen molar-refractivity contribution < 1.29 is 4.74 Å². The average molecular weight is 262 g/mol. The molecule has 1 saturated heterocycles. The highest BCUT2D eigenvalue weighted by Gasteiger charge is 2.21. The van der Waals surface area contributed by atoms with Crippen LogP contribution in [0.15, 0.2) is 12.1 Å². The van der Waals surface area contributed by atoms with Crippen LogP contribution >= 0.6 is 0 Å². The van der Waals surface area contributed by atoms with E-state index in [0.29, 0.717) is 5.92 Å². The van der Waals surface area contributed by atoms with Crippen molar-refractivity contribution in [1.29, 1.82) is 0 Å². The zero-order valence-electron chi connectivity index (χ0n) is 12.6. The molecule has 1 aliphatic heterocycles. The number of aryl methyl sites for hydroxylation is 1. The van der Waals surface area contributed by atoms with Gasteiger partial charge < -0.3 is 15.4 Å². The standard InChI is InChI=1S/C16H26N2O/c1-11(2)19-16-9-14(12(3)8-15(16)17)13-6-5-7-18(4)10-13/h8-9,11,13H,5-7,10,17H2,1-4H3. The van der Waals surface area contributed by atoms with Crippen molar-refractivity contribution in [3.63, 3.8) is 0 Å². The normalized spacial score (nSPS) is 20.8. The molecule has 0 aliphatic carbocycles. The molecule has 0 spiro atoms. The molecule has 2 N–H and O–H groups in total. The molecule has 0 radical (unpaired) electrons. The maximum atomic E-state index is 6.06. The molecule has 1 aromatic rings. The van der Waals surface area contributed by atoms with Crippen LogP contribution in [0, 0.1) is 6.92 Å². The first kappa shape index (κ1) is 14.2. The molecule has 1 atom stereocenters. The molecule has 0 bridgehead atoms. The molecule has 3 heteroatoms. The lowest BCUT2D eigenvalue weighted by atomic mass is 9.87. The van der Waals surface area contributed by atoms with E-state index in [1.165, 1.54) is 30.5 Å². The summed E-state index contributed by atoms with van der Waals surface area (Å²) in [5.41, 5.74) is 9.49. The Kier molecular flexibility index (Phi) is 4.35. The van der Waals surface area contributed by atoms with Crippen molar-refractivity contribution >= 4 is 5.69 Å². The summed E-state index contributed by atoms with van der Waals surface area (Å²) in [6.45, 7) is 8.56. The molecule has 0 amide bonds. The molecule has 0 saturated carbocycles. The number of nitrogen functional groups attached to an aromatic ring is 1. The second-order valence-corrected chi connectivity index (χ2v) is 6.01. The Morgan fingerprint density at radius 1 is 1.37 bits per heavy atom. The molecule has 1 unspecified atom stereocenters. The van der Waals surface area contributed by atoms with Crippen molar-refractivity contribution in [3.8, 4) is 5.75 Å². The van der Waals surface area contributed by atoms with Gasteiger partial charge in [-0.05, 0) is 76.4 Å². The first-order chi connectivity index (χ1) is 8.97. The number of rotatable bonds is 3. The molecule has 106 valence electrons. The number of benzene rings is 1. The first-order valence-electron chi connectivity index (χ1n) is 7.22. The van der Waals surface area contributed by atoms with Gasteiger partial charge >= 0.3 is 0 Å². The van der Waals surface area contributed by atoms with Crippen LogP contribution in [-0.2, 0) is 0 Å². The molecule has 1 aromatic carbocycles. The number of hydrogen-bond donors (Lipinski definition) is 1. The lowest BCUT2D eigenvalue weighted by Crippen LogP contribution is -2.31. The Hall–Kier alpha value is -1.22. The van der Waals surface area contributed by atoms with Gasteiger partial charge in [-0.3, -0.25) is 0 Å². The summed E-state index contributed by atoms with van der Waals surface area (Å²) >= 11 is 0.